The lowest BCUT2D eigenvalue weighted by Gasteiger charge is -2.16. The van der Waals surface area contributed by atoms with Gasteiger partial charge >= 0.3 is 0 Å². The molecule has 2 aromatic heterocycles. The molecule has 0 aliphatic carbocycles. The number of hydrogen-bond donors (Lipinski definition) is 1. The third kappa shape index (κ3) is 3.02. The Balaban J connectivity index is 1.76. The first-order chi connectivity index (χ1) is 10.1. The highest BCUT2D eigenvalue weighted by atomic mass is 32.1. The van der Waals surface area contributed by atoms with Crippen LogP contribution in [-0.4, -0.2) is 33.9 Å². The number of thiazole rings is 1. The Bertz CT molecular complexity index is 644. The third-order valence-corrected chi connectivity index (χ3v) is 4.55. The average molecular weight is 303 g/mol. The van der Waals surface area contributed by atoms with Crippen LogP contribution in [-0.2, 0) is 0 Å². The maximum Gasteiger partial charge on any atom is 0.276 e. The quantitative estimate of drug-likeness (QED) is 0.942. The second-order valence-electron chi connectivity index (χ2n) is 5.07. The van der Waals surface area contributed by atoms with Crippen molar-refractivity contribution in [3.8, 4) is 0 Å². The lowest BCUT2D eigenvalue weighted by Crippen LogP contribution is -2.21. The first-order valence-corrected chi connectivity index (χ1v) is 7.77. The largest absolute Gasteiger partial charge is 0.357 e. The van der Waals surface area contributed by atoms with Crippen LogP contribution in [0.5, 0.6) is 0 Å². The molecule has 2 aromatic rings. The molecular weight excluding hydrogens is 286 g/mol. The molecule has 1 amide bonds. The minimum atomic E-state index is -0.244. The molecule has 0 saturated carbocycles. The van der Waals surface area contributed by atoms with Crippen LogP contribution in [0, 0.1) is 13.8 Å². The minimum absolute atomic E-state index is 0.244. The fourth-order valence-electron chi connectivity index (χ4n) is 2.28. The van der Waals surface area contributed by atoms with Gasteiger partial charge in [-0.15, -0.1) is 11.3 Å². The first-order valence-electron chi connectivity index (χ1n) is 6.96. The lowest BCUT2D eigenvalue weighted by atomic mass is 10.3. The fourth-order valence-corrected chi connectivity index (χ4v) is 3.09. The fraction of sp³-hybridized carbons (Fsp3) is 0.429. The van der Waals surface area contributed by atoms with Gasteiger partial charge in [-0.3, -0.25) is 10.1 Å². The molecule has 1 fully saturated rings. The van der Waals surface area contributed by atoms with Gasteiger partial charge in [0.2, 0.25) is 0 Å². The lowest BCUT2D eigenvalue weighted by molar-refractivity contribution is 0.102. The number of nitrogens with one attached hydrogen (secondary N) is 1. The molecule has 6 nitrogen and oxygen atoms in total. The normalized spacial score (nSPS) is 14.5. The first kappa shape index (κ1) is 13.9. The number of hydrogen-bond acceptors (Lipinski definition) is 6. The number of amides is 1. The van der Waals surface area contributed by atoms with Crippen LogP contribution in [0.4, 0.5) is 10.9 Å². The Kier molecular flexibility index (Phi) is 3.83. The van der Waals surface area contributed by atoms with Crippen LogP contribution in [0.25, 0.3) is 0 Å². The van der Waals surface area contributed by atoms with Crippen molar-refractivity contribution in [3.05, 3.63) is 28.7 Å². The summed E-state index contributed by atoms with van der Waals surface area (Å²) in [6.07, 6.45) is 3.79. The number of anilines is 2. The van der Waals surface area contributed by atoms with Crippen LogP contribution in [0.1, 0.15) is 33.9 Å². The van der Waals surface area contributed by atoms with Gasteiger partial charge in [-0.1, -0.05) is 0 Å². The van der Waals surface area contributed by atoms with Crippen LogP contribution in [0.2, 0.25) is 0 Å². The summed E-state index contributed by atoms with van der Waals surface area (Å²) in [5.74, 6) is 0.575. The number of aryl methyl sites for hydroxylation is 2. The summed E-state index contributed by atoms with van der Waals surface area (Å²) >= 11 is 1.47. The van der Waals surface area contributed by atoms with E-state index in [2.05, 4.69) is 25.2 Å². The zero-order valence-electron chi connectivity index (χ0n) is 12.1. The molecule has 110 valence electrons. The molecule has 1 aliphatic heterocycles. The zero-order valence-corrected chi connectivity index (χ0v) is 12.9. The van der Waals surface area contributed by atoms with Crippen molar-refractivity contribution < 1.29 is 4.79 Å². The molecule has 0 bridgehead atoms. The van der Waals surface area contributed by atoms with Gasteiger partial charge in [-0.2, -0.15) is 0 Å². The summed E-state index contributed by atoms with van der Waals surface area (Å²) in [4.78, 5) is 28.2. The van der Waals surface area contributed by atoms with Gasteiger partial charge in [0, 0.05) is 24.0 Å². The Hall–Kier alpha value is -2.02. The van der Waals surface area contributed by atoms with E-state index < -0.39 is 0 Å². The molecule has 3 rings (SSSR count). The van der Waals surface area contributed by atoms with Gasteiger partial charge in [0.05, 0.1) is 5.69 Å². The van der Waals surface area contributed by atoms with Gasteiger partial charge < -0.3 is 4.90 Å². The van der Waals surface area contributed by atoms with E-state index in [1.54, 1.807) is 6.07 Å². The van der Waals surface area contributed by atoms with E-state index in [0.29, 0.717) is 10.8 Å². The Labute approximate surface area is 127 Å². The van der Waals surface area contributed by atoms with E-state index in [1.165, 1.54) is 30.5 Å². The predicted octanol–water partition coefficient (Wildman–Crippen LogP) is 2.40. The molecule has 0 spiro atoms. The van der Waals surface area contributed by atoms with Crippen molar-refractivity contribution in [2.45, 2.75) is 26.7 Å². The standard InChI is InChI=1S/C14H17N5OS/c1-9-10(2)21-14(17-9)18-13(20)11-7-12(16-8-15-11)19-5-3-4-6-19/h7-8H,3-6H2,1-2H3,(H,17,18,20). The highest BCUT2D eigenvalue weighted by Gasteiger charge is 2.17. The van der Waals surface area contributed by atoms with Crippen molar-refractivity contribution >= 4 is 28.2 Å². The summed E-state index contributed by atoms with van der Waals surface area (Å²) in [5, 5.41) is 3.41. The van der Waals surface area contributed by atoms with E-state index in [1.807, 2.05) is 13.8 Å². The minimum Gasteiger partial charge on any atom is -0.357 e. The average Bonchev–Trinajstić information content (AvgIpc) is 3.10. The molecule has 1 saturated heterocycles. The van der Waals surface area contributed by atoms with E-state index in [9.17, 15) is 4.79 Å². The summed E-state index contributed by atoms with van der Waals surface area (Å²) in [7, 11) is 0. The maximum absolute atomic E-state index is 12.2. The van der Waals surface area contributed by atoms with Gasteiger partial charge in [0.25, 0.3) is 5.91 Å². The molecule has 0 aromatic carbocycles. The summed E-state index contributed by atoms with van der Waals surface area (Å²) in [6.45, 7) is 5.89. The van der Waals surface area contributed by atoms with Crippen LogP contribution < -0.4 is 10.2 Å². The summed E-state index contributed by atoms with van der Waals surface area (Å²) < 4.78 is 0. The van der Waals surface area contributed by atoms with Gasteiger partial charge in [0.15, 0.2) is 5.13 Å². The second kappa shape index (κ2) is 5.77. The molecule has 0 atom stereocenters. The molecule has 7 heteroatoms. The van der Waals surface area contributed by atoms with Crippen LogP contribution >= 0.6 is 11.3 Å². The van der Waals surface area contributed by atoms with Gasteiger partial charge in [-0.25, -0.2) is 15.0 Å². The predicted molar refractivity (Wildman–Crippen MR) is 83.0 cm³/mol. The Morgan fingerprint density at radius 2 is 2.05 bits per heavy atom. The van der Waals surface area contributed by atoms with Crippen molar-refractivity contribution in [1.29, 1.82) is 0 Å². The topological polar surface area (TPSA) is 71.0 Å². The molecule has 3 heterocycles. The summed E-state index contributed by atoms with van der Waals surface area (Å²) in [6, 6.07) is 1.74. The van der Waals surface area contributed by atoms with E-state index in [-0.39, 0.29) is 5.91 Å². The van der Waals surface area contributed by atoms with E-state index in [4.69, 9.17) is 0 Å². The van der Waals surface area contributed by atoms with Crippen molar-refractivity contribution in [1.82, 2.24) is 15.0 Å². The van der Waals surface area contributed by atoms with Crippen LogP contribution in [0.15, 0.2) is 12.4 Å². The van der Waals surface area contributed by atoms with Crippen molar-refractivity contribution in [2.75, 3.05) is 23.3 Å². The molecule has 21 heavy (non-hydrogen) atoms. The van der Waals surface area contributed by atoms with Gasteiger partial charge in [0.1, 0.15) is 17.8 Å². The molecule has 0 radical (unpaired) electrons. The number of carbonyl (C=O) groups is 1. The van der Waals surface area contributed by atoms with Gasteiger partial charge in [-0.05, 0) is 26.7 Å². The highest BCUT2D eigenvalue weighted by molar-refractivity contribution is 7.15. The monoisotopic (exact) mass is 303 g/mol. The highest BCUT2D eigenvalue weighted by Crippen LogP contribution is 2.22. The number of aromatic nitrogens is 3. The van der Waals surface area contributed by atoms with Crippen LogP contribution in [0.3, 0.4) is 0 Å². The van der Waals surface area contributed by atoms with E-state index >= 15 is 0 Å². The second-order valence-corrected chi connectivity index (χ2v) is 6.27. The van der Waals surface area contributed by atoms with E-state index in [0.717, 1.165) is 29.5 Å². The molecular formula is C14H17N5OS. The number of carbonyl (C=O) groups excluding carboxylic acids is 1. The SMILES string of the molecule is Cc1nc(NC(=O)c2cc(N3CCCC3)ncn2)sc1C. The van der Waals surface area contributed by atoms with Crippen molar-refractivity contribution in [3.63, 3.8) is 0 Å². The molecule has 0 unspecified atom stereocenters. The number of rotatable bonds is 3. The zero-order chi connectivity index (χ0) is 14.8. The maximum atomic E-state index is 12.2. The smallest absolute Gasteiger partial charge is 0.276 e. The third-order valence-electron chi connectivity index (χ3n) is 3.56. The summed E-state index contributed by atoms with van der Waals surface area (Å²) in [5.41, 5.74) is 1.31. The molecule has 1 aliphatic rings. The number of nitrogens with zero attached hydrogens (tertiary/aromatic N) is 4. The molecule has 1 N–H and O–H groups in total. The Morgan fingerprint density at radius 3 is 2.71 bits per heavy atom. The van der Waals surface area contributed by atoms with Crippen molar-refractivity contribution in [2.24, 2.45) is 0 Å². The Morgan fingerprint density at radius 1 is 1.29 bits per heavy atom.